The smallest absolute Gasteiger partial charge is 0.251 e. The summed E-state index contributed by atoms with van der Waals surface area (Å²) in [6.45, 7) is 1.49. The molecule has 0 aromatic heterocycles. The molecule has 0 spiro atoms. The molecule has 0 radical (unpaired) electrons. The number of rotatable bonds is 12. The molecular formula is C51H60N8O8. The maximum atomic E-state index is 14.9. The number of ether oxygens (including phenoxy) is 1. The molecule has 352 valence electrons. The molecule has 1 saturated heterocycles. The van der Waals surface area contributed by atoms with Crippen molar-refractivity contribution in [2.75, 3.05) is 53.0 Å². The summed E-state index contributed by atoms with van der Waals surface area (Å²) in [5.74, 6) is -2.99. The van der Waals surface area contributed by atoms with Gasteiger partial charge in [-0.3, -0.25) is 33.6 Å². The van der Waals surface area contributed by atoms with Gasteiger partial charge in [-0.2, -0.15) is 0 Å². The molecule has 4 aromatic carbocycles. The van der Waals surface area contributed by atoms with E-state index in [0.29, 0.717) is 55.6 Å². The Labute approximate surface area is 390 Å². The molecule has 0 saturated carbocycles. The highest BCUT2D eigenvalue weighted by molar-refractivity contribution is 5.98. The highest BCUT2D eigenvalue weighted by atomic mass is 16.5. The number of piperidine rings is 1. The van der Waals surface area contributed by atoms with Crippen molar-refractivity contribution in [3.8, 4) is 11.1 Å². The summed E-state index contributed by atoms with van der Waals surface area (Å²) in [4.78, 5) is 96.7. The first-order valence-corrected chi connectivity index (χ1v) is 22.7. The zero-order valence-corrected chi connectivity index (χ0v) is 37.8. The Bertz CT molecular complexity index is 2390. The normalized spacial score (nSPS) is 20.3. The van der Waals surface area contributed by atoms with E-state index in [1.807, 2.05) is 66.7 Å². The fourth-order valence-corrected chi connectivity index (χ4v) is 8.37. The van der Waals surface area contributed by atoms with E-state index in [0.717, 1.165) is 28.3 Å². The molecular weight excluding hydrogens is 853 g/mol. The zero-order chi connectivity index (χ0) is 47.6. The summed E-state index contributed by atoms with van der Waals surface area (Å²) in [5.41, 5.74) is 9.61. The van der Waals surface area contributed by atoms with Gasteiger partial charge in [0, 0.05) is 70.5 Å². The number of amides is 7. The summed E-state index contributed by atoms with van der Waals surface area (Å²) in [6, 6.07) is 29.4. The SMILES string of the molecule is CNC(=O)c1ccc(-c2ccc(C[C@@H]3NC(=O)[C@]4(Cc5ccccc5)CCCN(C4)C(=O)/C=C/C(=O)NCC[C@@H](C(=O)NCCOCCN)NC(=O)Cc4ccccc4CNC3=O)cc2)cc1. The van der Waals surface area contributed by atoms with Crippen LogP contribution in [0.15, 0.2) is 115 Å². The monoisotopic (exact) mass is 912 g/mol. The molecule has 4 aromatic rings. The van der Waals surface area contributed by atoms with Gasteiger partial charge in [0.1, 0.15) is 12.1 Å². The van der Waals surface area contributed by atoms with E-state index in [1.54, 1.807) is 48.3 Å². The molecule has 16 heteroatoms. The van der Waals surface area contributed by atoms with Crippen molar-refractivity contribution in [3.63, 3.8) is 0 Å². The van der Waals surface area contributed by atoms with Gasteiger partial charge in [0.2, 0.25) is 35.4 Å². The second-order valence-electron chi connectivity index (χ2n) is 16.8. The van der Waals surface area contributed by atoms with Crippen molar-refractivity contribution in [2.24, 2.45) is 11.1 Å². The fraction of sp³-hybridized carbons (Fsp3) is 0.353. The van der Waals surface area contributed by atoms with Crippen LogP contribution in [0.2, 0.25) is 0 Å². The zero-order valence-electron chi connectivity index (χ0n) is 37.8. The Hall–Kier alpha value is -7.17. The van der Waals surface area contributed by atoms with Gasteiger partial charge in [0.25, 0.3) is 5.91 Å². The number of nitrogens with two attached hydrogens (primary N) is 1. The fourth-order valence-electron chi connectivity index (χ4n) is 8.37. The van der Waals surface area contributed by atoms with Crippen molar-refractivity contribution in [1.29, 1.82) is 0 Å². The summed E-state index contributed by atoms with van der Waals surface area (Å²) in [7, 11) is 1.58. The second kappa shape index (κ2) is 24.4. The van der Waals surface area contributed by atoms with Gasteiger partial charge in [0.05, 0.1) is 25.0 Å². The van der Waals surface area contributed by atoms with E-state index in [-0.39, 0.29) is 63.9 Å². The van der Waals surface area contributed by atoms with Gasteiger partial charge in [-0.25, -0.2) is 0 Å². The van der Waals surface area contributed by atoms with Crippen molar-refractivity contribution in [3.05, 3.63) is 143 Å². The molecule has 1 fully saturated rings. The molecule has 67 heavy (non-hydrogen) atoms. The van der Waals surface area contributed by atoms with Crippen LogP contribution < -0.4 is 37.6 Å². The summed E-state index contributed by atoms with van der Waals surface area (Å²) in [6.07, 6.45) is 3.57. The van der Waals surface area contributed by atoms with Gasteiger partial charge >= 0.3 is 0 Å². The molecule has 16 nitrogen and oxygen atoms in total. The minimum Gasteiger partial charge on any atom is -0.378 e. The molecule has 2 heterocycles. The average molecular weight is 913 g/mol. The highest BCUT2D eigenvalue weighted by Gasteiger charge is 2.44. The predicted octanol–water partition coefficient (Wildman–Crippen LogP) is 2.10. The molecule has 0 unspecified atom stereocenters. The van der Waals surface area contributed by atoms with Crippen LogP contribution in [-0.4, -0.2) is 111 Å². The van der Waals surface area contributed by atoms with Crippen molar-refractivity contribution in [2.45, 2.75) is 57.2 Å². The van der Waals surface area contributed by atoms with Gasteiger partial charge < -0.3 is 47.3 Å². The first-order valence-electron chi connectivity index (χ1n) is 22.7. The number of carbonyl (C=O) groups excluding carboxylic acids is 7. The lowest BCUT2D eigenvalue weighted by Crippen LogP contribution is -2.58. The lowest BCUT2D eigenvalue weighted by Gasteiger charge is -2.42. The number of benzene rings is 4. The largest absolute Gasteiger partial charge is 0.378 e. The van der Waals surface area contributed by atoms with E-state index < -0.39 is 47.0 Å². The number of fused-ring (bicyclic) bond motifs is 3. The van der Waals surface area contributed by atoms with Crippen LogP contribution in [0.3, 0.4) is 0 Å². The summed E-state index contributed by atoms with van der Waals surface area (Å²) in [5, 5.41) is 17.0. The number of hydrogen-bond donors (Lipinski definition) is 7. The molecule has 2 aliphatic rings. The summed E-state index contributed by atoms with van der Waals surface area (Å²) < 4.78 is 5.37. The van der Waals surface area contributed by atoms with E-state index in [2.05, 4.69) is 31.9 Å². The van der Waals surface area contributed by atoms with Crippen molar-refractivity contribution < 1.29 is 38.3 Å². The number of nitrogens with one attached hydrogen (secondary N) is 6. The van der Waals surface area contributed by atoms with Crippen LogP contribution in [0.4, 0.5) is 0 Å². The lowest BCUT2D eigenvalue weighted by atomic mass is 9.74. The molecule has 2 bridgehead atoms. The van der Waals surface area contributed by atoms with Gasteiger partial charge in [-0.1, -0.05) is 91.0 Å². The Kier molecular flexibility index (Phi) is 17.9. The molecule has 6 rings (SSSR count). The standard InChI is InChI=1S/C51H60N8O8/c1-53-47(63)39-18-16-38(17-19-39)37-14-12-35(13-15-37)30-43-49(65)56-33-41-11-6-5-10-40(41)31-45(61)57-42(48(64)55-26-29-67-28-24-52)22-25-54-44(60)20-21-46(62)59-27-7-23-51(34-59,50(66)58-43)32-36-8-3-2-4-9-36/h2-6,8-21,42-43H,7,22-34,52H2,1H3,(H,53,63)(H,54,60)(H,55,64)(H,56,65)(H,57,61)(H,58,66)/b21-20+/t42-,43-,51-/m0/s1. The van der Waals surface area contributed by atoms with E-state index in [4.69, 9.17) is 10.5 Å². The van der Waals surface area contributed by atoms with Crippen LogP contribution in [0.5, 0.6) is 0 Å². The van der Waals surface area contributed by atoms with Gasteiger partial charge in [0.15, 0.2) is 0 Å². The van der Waals surface area contributed by atoms with Crippen LogP contribution in [0.1, 0.15) is 51.9 Å². The Balaban J connectivity index is 1.30. The third-order valence-electron chi connectivity index (χ3n) is 12.0. The van der Waals surface area contributed by atoms with Crippen LogP contribution in [0, 0.1) is 5.41 Å². The minimum absolute atomic E-state index is 0.00554. The molecule has 2 aliphatic heterocycles. The van der Waals surface area contributed by atoms with Gasteiger partial charge in [-0.15, -0.1) is 0 Å². The third kappa shape index (κ3) is 14.2. The molecule has 0 aliphatic carbocycles. The number of hydrogen-bond acceptors (Lipinski definition) is 9. The number of nitrogens with zero attached hydrogens (tertiary/aromatic N) is 1. The quantitative estimate of drug-likeness (QED) is 0.103. The van der Waals surface area contributed by atoms with E-state index in [9.17, 15) is 33.6 Å². The van der Waals surface area contributed by atoms with Crippen LogP contribution in [-0.2, 0) is 59.3 Å². The minimum atomic E-state index is -1.13. The van der Waals surface area contributed by atoms with Gasteiger partial charge in [-0.05, 0) is 71.2 Å². The van der Waals surface area contributed by atoms with Crippen molar-refractivity contribution in [1.82, 2.24) is 36.8 Å². The van der Waals surface area contributed by atoms with Crippen molar-refractivity contribution >= 4 is 41.4 Å². The first kappa shape index (κ1) is 49.3. The Morgan fingerprint density at radius 1 is 0.806 bits per heavy atom. The molecule has 3 atom stereocenters. The predicted molar refractivity (Wildman–Crippen MR) is 253 cm³/mol. The van der Waals surface area contributed by atoms with E-state index >= 15 is 0 Å². The average Bonchev–Trinajstić information content (AvgIpc) is 3.34. The third-order valence-corrected chi connectivity index (χ3v) is 12.0. The van der Waals surface area contributed by atoms with Crippen LogP contribution >= 0.6 is 0 Å². The highest BCUT2D eigenvalue weighted by Crippen LogP contribution is 2.35. The Morgan fingerprint density at radius 2 is 1.51 bits per heavy atom. The number of carbonyl (C=O) groups is 7. The maximum absolute atomic E-state index is 14.9. The van der Waals surface area contributed by atoms with Crippen LogP contribution in [0.25, 0.3) is 11.1 Å². The topological polar surface area (TPSA) is 230 Å². The van der Waals surface area contributed by atoms with E-state index in [1.165, 1.54) is 6.08 Å². The Morgan fingerprint density at radius 3 is 2.22 bits per heavy atom. The first-order chi connectivity index (χ1) is 32.5. The summed E-state index contributed by atoms with van der Waals surface area (Å²) >= 11 is 0. The lowest BCUT2D eigenvalue weighted by molar-refractivity contribution is -0.141. The maximum Gasteiger partial charge on any atom is 0.251 e. The second-order valence-corrected chi connectivity index (χ2v) is 16.8. The molecule has 7 amide bonds. The molecule has 8 N–H and O–H groups in total.